The van der Waals surface area contributed by atoms with Crippen LogP contribution in [0.5, 0.6) is 0 Å². The van der Waals surface area contributed by atoms with Gasteiger partial charge < -0.3 is 9.63 Å². The molecule has 1 aromatic carbocycles. The van der Waals surface area contributed by atoms with Gasteiger partial charge in [-0.15, -0.1) is 0 Å². The highest BCUT2D eigenvalue weighted by atomic mass is 19.4. The maximum atomic E-state index is 12.8. The first-order valence-electron chi connectivity index (χ1n) is 8.25. The van der Waals surface area contributed by atoms with Crippen molar-refractivity contribution < 1.29 is 22.8 Å². The summed E-state index contributed by atoms with van der Waals surface area (Å²) in [6.45, 7) is 2.34. The average Bonchev–Trinajstić information content (AvgIpc) is 3.01. The van der Waals surface area contributed by atoms with E-state index in [1.165, 1.54) is 6.07 Å². The fourth-order valence-electron chi connectivity index (χ4n) is 3.10. The van der Waals surface area contributed by atoms with E-state index in [1.54, 1.807) is 6.07 Å². The van der Waals surface area contributed by atoms with Crippen molar-refractivity contribution in [2.45, 2.75) is 32.0 Å². The quantitative estimate of drug-likeness (QED) is 0.894. The molecular formula is C17H20F3N3O2. The first-order valence-corrected chi connectivity index (χ1v) is 8.25. The van der Waals surface area contributed by atoms with Gasteiger partial charge in [-0.3, -0.25) is 4.90 Å². The summed E-state index contributed by atoms with van der Waals surface area (Å²) in [5.74, 6) is 1.08. The molecule has 3 rings (SSSR count). The lowest BCUT2D eigenvalue weighted by Crippen LogP contribution is -2.36. The van der Waals surface area contributed by atoms with E-state index in [9.17, 15) is 18.3 Å². The lowest BCUT2D eigenvalue weighted by atomic mass is 9.99. The number of nitrogens with zero attached hydrogens (tertiary/aromatic N) is 3. The molecule has 1 N–H and O–H groups in total. The Hall–Kier alpha value is -1.93. The van der Waals surface area contributed by atoms with Gasteiger partial charge in [0.2, 0.25) is 5.89 Å². The zero-order valence-corrected chi connectivity index (χ0v) is 13.7. The third-order valence-electron chi connectivity index (χ3n) is 4.35. The SMILES string of the molecule is OC[C@@H]1CCCN(Cc2nc(Cc3cccc(C(F)(F)F)c3)no2)C1. The van der Waals surface area contributed by atoms with Gasteiger partial charge in [0.05, 0.1) is 12.1 Å². The molecule has 8 heteroatoms. The molecule has 1 aliphatic rings. The zero-order valence-electron chi connectivity index (χ0n) is 13.7. The normalized spacial score (nSPS) is 19.3. The zero-order chi connectivity index (χ0) is 17.9. The van der Waals surface area contributed by atoms with E-state index in [0.29, 0.717) is 23.8 Å². The van der Waals surface area contributed by atoms with Crippen LogP contribution in [0.2, 0.25) is 0 Å². The second-order valence-corrected chi connectivity index (χ2v) is 6.41. The lowest BCUT2D eigenvalue weighted by Gasteiger charge is -2.30. The van der Waals surface area contributed by atoms with Gasteiger partial charge in [0, 0.05) is 19.6 Å². The van der Waals surface area contributed by atoms with Crippen LogP contribution in [-0.4, -0.2) is 39.8 Å². The molecule has 5 nitrogen and oxygen atoms in total. The molecule has 0 saturated carbocycles. The Bertz CT molecular complexity index is 702. The van der Waals surface area contributed by atoms with Crippen LogP contribution < -0.4 is 0 Å². The van der Waals surface area contributed by atoms with Crippen LogP contribution in [0.3, 0.4) is 0 Å². The molecule has 0 radical (unpaired) electrons. The number of aliphatic hydroxyl groups is 1. The molecule has 1 aromatic heterocycles. The third kappa shape index (κ3) is 4.79. The van der Waals surface area contributed by atoms with Crippen molar-refractivity contribution in [2.75, 3.05) is 19.7 Å². The number of benzene rings is 1. The lowest BCUT2D eigenvalue weighted by molar-refractivity contribution is -0.137. The highest BCUT2D eigenvalue weighted by Gasteiger charge is 2.30. The highest BCUT2D eigenvalue weighted by Crippen LogP contribution is 2.29. The number of hydrogen-bond acceptors (Lipinski definition) is 5. The monoisotopic (exact) mass is 355 g/mol. The summed E-state index contributed by atoms with van der Waals surface area (Å²) in [6.07, 6.45) is -2.16. The third-order valence-corrected chi connectivity index (χ3v) is 4.35. The van der Waals surface area contributed by atoms with Crippen LogP contribution in [0.15, 0.2) is 28.8 Å². The van der Waals surface area contributed by atoms with E-state index < -0.39 is 11.7 Å². The number of piperidine rings is 1. The molecule has 0 amide bonds. The summed E-state index contributed by atoms with van der Waals surface area (Å²) in [5.41, 5.74) is -0.197. The van der Waals surface area contributed by atoms with Crippen molar-refractivity contribution in [3.05, 3.63) is 47.1 Å². The number of hydrogen-bond donors (Lipinski definition) is 1. The summed E-state index contributed by atoms with van der Waals surface area (Å²) >= 11 is 0. The highest BCUT2D eigenvalue weighted by molar-refractivity contribution is 5.27. The topological polar surface area (TPSA) is 62.4 Å². The van der Waals surface area contributed by atoms with Crippen LogP contribution in [-0.2, 0) is 19.1 Å². The smallest absolute Gasteiger partial charge is 0.396 e. The van der Waals surface area contributed by atoms with Crippen molar-refractivity contribution in [3.8, 4) is 0 Å². The molecule has 0 spiro atoms. The van der Waals surface area contributed by atoms with E-state index >= 15 is 0 Å². The Morgan fingerprint density at radius 1 is 1.32 bits per heavy atom. The van der Waals surface area contributed by atoms with Gasteiger partial charge >= 0.3 is 6.18 Å². The average molecular weight is 355 g/mol. The number of rotatable bonds is 5. The largest absolute Gasteiger partial charge is 0.416 e. The van der Waals surface area contributed by atoms with E-state index in [1.807, 2.05) is 0 Å². The summed E-state index contributed by atoms with van der Waals surface area (Å²) in [6, 6.07) is 5.13. The Morgan fingerprint density at radius 2 is 2.16 bits per heavy atom. The molecule has 136 valence electrons. The van der Waals surface area contributed by atoms with E-state index in [2.05, 4.69) is 15.0 Å². The Balaban J connectivity index is 1.62. The van der Waals surface area contributed by atoms with Gasteiger partial charge in [-0.05, 0) is 36.9 Å². The Morgan fingerprint density at radius 3 is 2.92 bits per heavy atom. The summed E-state index contributed by atoms with van der Waals surface area (Å²) in [4.78, 5) is 6.42. The minimum absolute atomic E-state index is 0.168. The molecule has 0 aliphatic carbocycles. The number of alkyl halides is 3. The van der Waals surface area contributed by atoms with Crippen molar-refractivity contribution in [1.29, 1.82) is 0 Å². The summed E-state index contributed by atoms with van der Waals surface area (Å²) in [5, 5.41) is 13.1. The van der Waals surface area contributed by atoms with Crippen molar-refractivity contribution >= 4 is 0 Å². The van der Waals surface area contributed by atoms with Gasteiger partial charge in [0.25, 0.3) is 0 Å². The summed E-state index contributed by atoms with van der Waals surface area (Å²) in [7, 11) is 0. The van der Waals surface area contributed by atoms with Gasteiger partial charge in [0.15, 0.2) is 5.82 Å². The second kappa shape index (κ2) is 7.53. The second-order valence-electron chi connectivity index (χ2n) is 6.41. The van der Waals surface area contributed by atoms with Gasteiger partial charge in [-0.25, -0.2) is 0 Å². The predicted octanol–water partition coefficient (Wildman–Crippen LogP) is 2.88. The molecule has 0 unspecified atom stereocenters. The van der Waals surface area contributed by atoms with Crippen molar-refractivity contribution in [1.82, 2.24) is 15.0 Å². The van der Waals surface area contributed by atoms with Gasteiger partial charge in [-0.1, -0.05) is 23.4 Å². The number of aliphatic hydroxyl groups excluding tert-OH is 1. The van der Waals surface area contributed by atoms with Crippen molar-refractivity contribution in [3.63, 3.8) is 0 Å². The van der Waals surface area contributed by atoms with Crippen molar-refractivity contribution in [2.24, 2.45) is 5.92 Å². The number of aromatic nitrogens is 2. The molecule has 2 aromatic rings. The number of halogens is 3. The Labute approximate surface area is 143 Å². The standard InChI is InChI=1S/C17H20F3N3O2/c18-17(19,20)14-5-1-3-12(7-14)8-15-21-16(25-22-15)10-23-6-2-4-13(9-23)11-24/h1,3,5,7,13,24H,2,4,6,8-11H2/t13-/m1/s1. The molecule has 1 fully saturated rings. The maximum Gasteiger partial charge on any atom is 0.416 e. The molecule has 25 heavy (non-hydrogen) atoms. The van der Waals surface area contributed by atoms with Crippen LogP contribution in [0.4, 0.5) is 13.2 Å². The minimum Gasteiger partial charge on any atom is -0.396 e. The van der Waals surface area contributed by atoms with Crippen LogP contribution in [0.25, 0.3) is 0 Å². The molecule has 0 bridgehead atoms. The summed E-state index contributed by atoms with van der Waals surface area (Å²) < 4.78 is 43.5. The molecule has 1 saturated heterocycles. The first kappa shape index (κ1) is 17.9. The first-order chi connectivity index (χ1) is 11.9. The number of likely N-dealkylation sites (tertiary alicyclic amines) is 1. The fourth-order valence-corrected chi connectivity index (χ4v) is 3.10. The van der Waals surface area contributed by atoms with E-state index in [0.717, 1.165) is 38.1 Å². The molecule has 1 aliphatic heterocycles. The van der Waals surface area contributed by atoms with E-state index in [-0.39, 0.29) is 18.9 Å². The fraction of sp³-hybridized carbons (Fsp3) is 0.529. The maximum absolute atomic E-state index is 12.8. The van der Waals surface area contributed by atoms with Gasteiger partial charge in [0.1, 0.15) is 0 Å². The molecule has 1 atom stereocenters. The predicted molar refractivity (Wildman–Crippen MR) is 83.6 cm³/mol. The Kier molecular flexibility index (Phi) is 5.39. The minimum atomic E-state index is -4.37. The van der Waals surface area contributed by atoms with E-state index in [4.69, 9.17) is 4.52 Å². The molecular weight excluding hydrogens is 335 g/mol. The van der Waals surface area contributed by atoms with Gasteiger partial charge in [-0.2, -0.15) is 18.2 Å². The van der Waals surface area contributed by atoms with Crippen LogP contribution in [0, 0.1) is 5.92 Å². The molecule has 2 heterocycles. The van der Waals surface area contributed by atoms with Crippen LogP contribution >= 0.6 is 0 Å². The van der Waals surface area contributed by atoms with Crippen LogP contribution in [0.1, 0.15) is 35.7 Å².